The highest BCUT2D eigenvalue weighted by atomic mass is 35.5. The predicted molar refractivity (Wildman–Crippen MR) is 82.4 cm³/mol. The Labute approximate surface area is 175 Å². The molecule has 1 aromatic carbocycles. The van der Waals surface area contributed by atoms with Crippen LogP contribution in [0.15, 0.2) is 12.1 Å². The van der Waals surface area contributed by atoms with E-state index in [1.54, 1.807) is 0 Å². The van der Waals surface area contributed by atoms with Crippen molar-refractivity contribution in [3.05, 3.63) is 17.7 Å². The molecular weight excluding hydrogens is 513 g/mol. The van der Waals surface area contributed by atoms with Crippen molar-refractivity contribution in [1.29, 1.82) is 0 Å². The molecule has 3 unspecified atom stereocenters. The molecule has 0 spiro atoms. The molecule has 1 aromatic rings. The van der Waals surface area contributed by atoms with Gasteiger partial charge in [0.25, 0.3) is 16.9 Å². The summed E-state index contributed by atoms with van der Waals surface area (Å²) in [7, 11) is 0. The van der Waals surface area contributed by atoms with Crippen LogP contribution in [0.4, 0.5) is 39.5 Å². The molecule has 172 valence electrons. The lowest BCUT2D eigenvalue weighted by Gasteiger charge is -2.26. The Morgan fingerprint density at radius 1 is 0.767 bits per heavy atom. The van der Waals surface area contributed by atoms with Gasteiger partial charge in [0, 0.05) is 0 Å². The number of rotatable bonds is 10. The first-order valence-electron chi connectivity index (χ1n) is 6.87. The van der Waals surface area contributed by atoms with Gasteiger partial charge in [0.15, 0.2) is 11.5 Å². The van der Waals surface area contributed by atoms with E-state index in [9.17, 15) is 44.3 Å². The minimum absolute atomic E-state index is 0.0407. The zero-order valence-corrected chi connectivity index (χ0v) is 15.8. The number of halogens is 12. The second-order valence-corrected chi connectivity index (χ2v) is 6.15. The first-order chi connectivity index (χ1) is 13.4. The van der Waals surface area contributed by atoms with Crippen LogP contribution < -0.4 is 14.2 Å². The van der Waals surface area contributed by atoms with Gasteiger partial charge in [0.05, 0.1) is 5.56 Å². The number of benzene rings is 1. The zero-order chi connectivity index (χ0) is 23.7. The van der Waals surface area contributed by atoms with Crippen molar-refractivity contribution in [2.45, 2.75) is 35.2 Å². The normalized spacial score (nSPS) is 15.9. The van der Waals surface area contributed by atoms with Crippen molar-refractivity contribution in [3.8, 4) is 17.2 Å². The van der Waals surface area contributed by atoms with Crippen molar-refractivity contribution >= 4 is 40.8 Å². The van der Waals surface area contributed by atoms with Crippen LogP contribution in [-0.2, 0) is 0 Å². The van der Waals surface area contributed by atoms with Gasteiger partial charge < -0.3 is 19.3 Å². The van der Waals surface area contributed by atoms with Gasteiger partial charge >= 0.3 is 24.3 Å². The van der Waals surface area contributed by atoms with Crippen LogP contribution in [-0.4, -0.2) is 46.3 Å². The van der Waals surface area contributed by atoms with E-state index in [0.717, 1.165) is 0 Å². The predicted octanol–water partition coefficient (Wildman–Crippen LogP) is 5.90. The fourth-order valence-electron chi connectivity index (χ4n) is 1.52. The Balaban J connectivity index is 3.75. The molecule has 0 bridgehead atoms. The molecule has 1 rings (SSSR count). The summed E-state index contributed by atoms with van der Waals surface area (Å²) in [5.41, 5.74) is -12.3. The van der Waals surface area contributed by atoms with Crippen molar-refractivity contribution in [1.82, 2.24) is 0 Å². The van der Waals surface area contributed by atoms with Gasteiger partial charge in [-0.05, 0) is 12.1 Å². The maximum absolute atomic E-state index is 13.5. The summed E-state index contributed by atoms with van der Waals surface area (Å²) < 4.78 is 130. The van der Waals surface area contributed by atoms with Gasteiger partial charge in [-0.2, -0.15) is 26.3 Å². The minimum atomic E-state index is -5.15. The summed E-state index contributed by atoms with van der Waals surface area (Å²) >= 11 is 13.5. The molecule has 0 aliphatic carbocycles. The van der Waals surface area contributed by atoms with Crippen LogP contribution in [0.5, 0.6) is 17.2 Å². The second kappa shape index (κ2) is 9.22. The van der Waals surface area contributed by atoms with Crippen molar-refractivity contribution in [2.75, 3.05) is 0 Å². The van der Waals surface area contributed by atoms with E-state index in [0.29, 0.717) is 0 Å². The van der Waals surface area contributed by atoms with E-state index in [1.165, 1.54) is 0 Å². The summed E-state index contributed by atoms with van der Waals surface area (Å²) in [5.74, 6) is -7.89. The molecule has 0 amide bonds. The first kappa shape index (κ1) is 26.4. The fraction of sp³-hybridized carbons (Fsp3) is 0.462. The summed E-state index contributed by atoms with van der Waals surface area (Å²) in [6, 6.07) is -0.0813. The van der Waals surface area contributed by atoms with Crippen LogP contribution >= 0.6 is 34.8 Å². The molecule has 0 saturated heterocycles. The number of ether oxygens (including phenoxy) is 3. The number of hydrogen-bond acceptors (Lipinski definition) is 4. The largest absolute Gasteiger partial charge is 0.478 e. The average molecular weight is 520 g/mol. The number of carbonyl (C=O) groups is 1. The van der Waals surface area contributed by atoms with Crippen LogP contribution in [0.1, 0.15) is 10.4 Å². The Morgan fingerprint density at radius 2 is 1.07 bits per heavy atom. The quantitative estimate of drug-likeness (QED) is 0.308. The molecule has 5 nitrogen and oxygen atoms in total. The monoisotopic (exact) mass is 518 g/mol. The van der Waals surface area contributed by atoms with E-state index in [-0.39, 0.29) is 12.1 Å². The zero-order valence-electron chi connectivity index (χ0n) is 13.5. The van der Waals surface area contributed by atoms with E-state index in [1.807, 2.05) is 0 Å². The van der Waals surface area contributed by atoms with Crippen molar-refractivity contribution in [3.63, 3.8) is 0 Å². The molecule has 0 saturated carbocycles. The third kappa shape index (κ3) is 6.41. The molecule has 17 heteroatoms. The molecule has 3 atom stereocenters. The van der Waals surface area contributed by atoms with Gasteiger partial charge in [-0.3, -0.25) is 0 Å². The maximum atomic E-state index is 13.5. The Morgan fingerprint density at radius 3 is 1.33 bits per heavy atom. The number of carboxylic acid groups (broad SMARTS) is 1. The molecule has 30 heavy (non-hydrogen) atoms. The van der Waals surface area contributed by atoms with Crippen LogP contribution in [0.3, 0.4) is 0 Å². The number of alkyl halides is 12. The lowest BCUT2D eigenvalue weighted by molar-refractivity contribution is -0.220. The first-order valence-corrected chi connectivity index (χ1v) is 8.18. The molecule has 0 aromatic heterocycles. The third-order valence-corrected chi connectivity index (χ3v) is 3.52. The Bertz CT molecular complexity index is 734. The molecule has 0 aliphatic heterocycles. The van der Waals surface area contributed by atoms with E-state index >= 15 is 0 Å². The molecule has 1 N–H and O–H groups in total. The fourth-order valence-corrected chi connectivity index (χ4v) is 1.65. The van der Waals surface area contributed by atoms with Gasteiger partial charge in [0.1, 0.15) is 0 Å². The third-order valence-electron chi connectivity index (χ3n) is 2.76. The summed E-state index contributed by atoms with van der Waals surface area (Å²) in [6.45, 7) is 0. The highest BCUT2D eigenvalue weighted by molar-refractivity contribution is 6.20. The summed E-state index contributed by atoms with van der Waals surface area (Å²) in [6.07, 6.45) is -15.3. The number of hydrogen-bond donors (Lipinski definition) is 1. The Kier molecular flexibility index (Phi) is 8.10. The lowest BCUT2D eigenvalue weighted by Crippen LogP contribution is -2.37. The van der Waals surface area contributed by atoms with Crippen molar-refractivity contribution < 1.29 is 63.6 Å². The second-order valence-electron chi connectivity index (χ2n) is 5.00. The van der Waals surface area contributed by atoms with E-state index < -0.39 is 64.0 Å². The van der Waals surface area contributed by atoms with Gasteiger partial charge in [-0.15, -0.1) is 0 Å². The Hall–Kier alpha value is -1.67. The number of carboxylic acids is 1. The van der Waals surface area contributed by atoms with Crippen LogP contribution in [0.25, 0.3) is 0 Å². The smallest absolute Gasteiger partial charge is 0.444 e. The summed E-state index contributed by atoms with van der Waals surface area (Å²) in [5, 5.41) is 8.90. The van der Waals surface area contributed by atoms with E-state index in [2.05, 4.69) is 49.0 Å². The van der Waals surface area contributed by atoms with Gasteiger partial charge in [-0.1, -0.05) is 34.8 Å². The molecule has 0 radical (unpaired) electrons. The maximum Gasteiger partial charge on any atom is 0.444 e. The highest BCUT2D eigenvalue weighted by Gasteiger charge is 2.49. The van der Waals surface area contributed by atoms with Crippen LogP contribution in [0.2, 0.25) is 0 Å². The SMILES string of the molecule is O=C(O)c1cc(OC(F)(F)C(F)Cl)c(OC(F)(F)C(F)Cl)c(OC(F)(F)C(F)Cl)c1. The minimum Gasteiger partial charge on any atom is -0.478 e. The molecule has 0 aliphatic rings. The van der Waals surface area contributed by atoms with E-state index in [4.69, 9.17) is 5.11 Å². The lowest BCUT2D eigenvalue weighted by atomic mass is 10.2. The highest BCUT2D eigenvalue weighted by Crippen LogP contribution is 2.47. The standard InChI is InChI=1S/C13H6Cl3F9O5/c14-8(17)11(20,21)28-4-1-3(7(26)27)2-5(29-12(22,23)9(15)18)6(4)30-13(24,25)10(16)19/h1-2,8-10H,(H,26,27). The molecular formula is C13H6Cl3F9O5. The molecule has 0 heterocycles. The average Bonchev–Trinajstić information content (AvgIpc) is 2.56. The van der Waals surface area contributed by atoms with Crippen LogP contribution in [0, 0.1) is 0 Å². The topological polar surface area (TPSA) is 65.0 Å². The van der Waals surface area contributed by atoms with Crippen molar-refractivity contribution in [2.24, 2.45) is 0 Å². The molecule has 0 fully saturated rings. The number of aromatic carboxylic acids is 1. The summed E-state index contributed by atoms with van der Waals surface area (Å²) in [4.78, 5) is 11.1. The van der Waals surface area contributed by atoms with Gasteiger partial charge in [0.2, 0.25) is 5.75 Å². The van der Waals surface area contributed by atoms with Gasteiger partial charge in [-0.25, -0.2) is 18.0 Å².